The summed E-state index contributed by atoms with van der Waals surface area (Å²) in [5.41, 5.74) is -1.81. The lowest BCUT2D eigenvalue weighted by Crippen LogP contribution is -2.39. The van der Waals surface area contributed by atoms with Gasteiger partial charge in [-0.1, -0.05) is 28.1 Å². The molecule has 1 amide bonds. The molecular formula is C23H24BrClF2N2O3. The Labute approximate surface area is 199 Å². The van der Waals surface area contributed by atoms with Crippen molar-refractivity contribution in [2.24, 2.45) is 0 Å². The van der Waals surface area contributed by atoms with E-state index in [2.05, 4.69) is 20.7 Å². The number of likely N-dealkylation sites (N-methyl/N-ethyl adjacent to an activating group) is 1. The zero-order valence-corrected chi connectivity index (χ0v) is 20.6. The van der Waals surface area contributed by atoms with E-state index in [1.807, 2.05) is 32.8 Å². The highest BCUT2D eigenvalue weighted by Crippen LogP contribution is 2.46. The summed E-state index contributed by atoms with van der Waals surface area (Å²) < 4.78 is 30.5. The molecule has 9 heteroatoms. The highest BCUT2D eigenvalue weighted by Gasteiger charge is 2.45. The van der Waals surface area contributed by atoms with E-state index in [4.69, 9.17) is 11.6 Å². The fourth-order valence-electron chi connectivity index (χ4n) is 3.76. The molecule has 2 aromatic carbocycles. The van der Waals surface area contributed by atoms with E-state index in [-0.39, 0.29) is 23.9 Å². The Hall–Kier alpha value is -2.03. The van der Waals surface area contributed by atoms with Gasteiger partial charge in [0.2, 0.25) is 5.91 Å². The summed E-state index contributed by atoms with van der Waals surface area (Å²) in [6.07, 6.45) is 0.0673. The zero-order valence-electron chi connectivity index (χ0n) is 18.2. The van der Waals surface area contributed by atoms with Gasteiger partial charge in [0.05, 0.1) is 5.41 Å². The van der Waals surface area contributed by atoms with Crippen LogP contribution >= 0.6 is 27.5 Å². The van der Waals surface area contributed by atoms with Gasteiger partial charge in [0.15, 0.2) is 5.78 Å². The number of ether oxygens (including phenoxy) is 1. The molecule has 0 saturated heterocycles. The smallest absolute Gasteiger partial charge is 0.420 e. The molecular weight excluding hydrogens is 506 g/mol. The number of rotatable bonds is 8. The number of Topliss-reactive ketones (excluding diaryl/α,β-unsaturated/α-hetero) is 1. The van der Waals surface area contributed by atoms with Gasteiger partial charge >= 0.3 is 5.57 Å². The molecule has 0 saturated carbocycles. The molecule has 0 spiro atoms. The van der Waals surface area contributed by atoms with Crippen LogP contribution in [-0.4, -0.2) is 49.3 Å². The minimum absolute atomic E-state index is 0.00803. The lowest BCUT2D eigenvalue weighted by molar-refractivity contribution is -0.122. The van der Waals surface area contributed by atoms with Gasteiger partial charge in [0.1, 0.15) is 5.75 Å². The van der Waals surface area contributed by atoms with Gasteiger partial charge in [-0.05, 0) is 57.8 Å². The highest BCUT2D eigenvalue weighted by molar-refractivity contribution is 9.10. The summed E-state index contributed by atoms with van der Waals surface area (Å²) in [5, 5.41) is 0. The molecule has 172 valence electrons. The number of hydrogen-bond donors (Lipinski definition) is 0. The number of amides is 1. The molecule has 32 heavy (non-hydrogen) atoms. The maximum Gasteiger partial charge on any atom is 0.487 e. The minimum Gasteiger partial charge on any atom is -0.420 e. The van der Waals surface area contributed by atoms with E-state index in [0.717, 1.165) is 11.3 Å². The van der Waals surface area contributed by atoms with Crippen molar-refractivity contribution in [3.8, 4) is 5.75 Å². The van der Waals surface area contributed by atoms with Crippen molar-refractivity contribution < 1.29 is 23.1 Å². The molecule has 3 rings (SSSR count). The second-order valence-electron chi connectivity index (χ2n) is 8.53. The Bertz CT molecular complexity index is 1040. The molecule has 0 fully saturated rings. The van der Waals surface area contributed by atoms with Crippen molar-refractivity contribution in [1.29, 1.82) is 0 Å². The number of nitrogens with zero attached hydrogens (tertiary/aromatic N) is 2. The molecule has 1 aliphatic heterocycles. The molecule has 0 N–H and O–H groups in total. The monoisotopic (exact) mass is 528 g/mol. The number of carbonyl (C=O) groups excluding carboxylic acids is 2. The van der Waals surface area contributed by atoms with Crippen LogP contribution in [0.15, 0.2) is 40.9 Å². The SMILES string of the molecule is CN(C)CCN1C(=O)C(C)(C)c2c(Br)cc(C(=O)Cc3ccc(OC(F)(F)Cl)cc3)cc21. The molecule has 1 aliphatic rings. The summed E-state index contributed by atoms with van der Waals surface area (Å²) in [6, 6.07) is 9.24. The Balaban J connectivity index is 1.86. The molecule has 0 unspecified atom stereocenters. The Morgan fingerprint density at radius 1 is 1.22 bits per heavy atom. The fraction of sp³-hybridized carbons (Fsp3) is 0.391. The summed E-state index contributed by atoms with van der Waals surface area (Å²) in [5.74, 6) is -0.264. The topological polar surface area (TPSA) is 49.9 Å². The first-order valence-corrected chi connectivity index (χ1v) is 11.2. The van der Waals surface area contributed by atoms with Crippen LogP contribution in [0.5, 0.6) is 5.75 Å². The number of hydrogen-bond acceptors (Lipinski definition) is 4. The number of benzene rings is 2. The second kappa shape index (κ2) is 9.08. The maximum absolute atomic E-state index is 13.1. The van der Waals surface area contributed by atoms with Crippen molar-refractivity contribution >= 4 is 44.9 Å². The molecule has 0 radical (unpaired) electrons. The van der Waals surface area contributed by atoms with Crippen molar-refractivity contribution in [2.45, 2.75) is 31.3 Å². The Kier molecular flexibility index (Phi) is 6.98. The number of fused-ring (bicyclic) bond motifs is 1. The van der Waals surface area contributed by atoms with Gasteiger partial charge in [0, 0.05) is 52.4 Å². The number of alkyl halides is 3. The summed E-state index contributed by atoms with van der Waals surface area (Å²) in [4.78, 5) is 29.8. The molecule has 0 atom stereocenters. The van der Waals surface area contributed by atoms with Crippen molar-refractivity contribution in [3.63, 3.8) is 0 Å². The summed E-state index contributed by atoms with van der Waals surface area (Å²) in [6.45, 7) is 4.96. The quantitative estimate of drug-likeness (QED) is 0.347. The van der Waals surface area contributed by atoms with E-state index in [9.17, 15) is 18.4 Å². The first-order chi connectivity index (χ1) is 14.8. The van der Waals surface area contributed by atoms with Crippen molar-refractivity contribution in [2.75, 3.05) is 32.1 Å². The van der Waals surface area contributed by atoms with E-state index in [1.165, 1.54) is 24.3 Å². The standard InChI is InChI=1S/C23H24BrClF2N2O3/c1-22(2)20-17(24)12-15(13-18(20)29(21(22)31)10-9-28(3)4)19(30)11-14-5-7-16(8-6-14)32-23(25,26)27/h5-8,12-13H,9-11H2,1-4H3. The van der Waals surface area contributed by atoms with Gasteiger partial charge in [-0.2, -0.15) is 0 Å². The van der Waals surface area contributed by atoms with E-state index < -0.39 is 11.0 Å². The average molecular weight is 530 g/mol. The van der Waals surface area contributed by atoms with E-state index >= 15 is 0 Å². The van der Waals surface area contributed by atoms with Crippen LogP contribution in [0.25, 0.3) is 0 Å². The molecule has 1 heterocycles. The first-order valence-electron chi connectivity index (χ1n) is 9.98. The number of ketones is 1. The third-order valence-electron chi connectivity index (χ3n) is 5.38. The molecule has 0 aliphatic carbocycles. The van der Waals surface area contributed by atoms with Crippen LogP contribution < -0.4 is 9.64 Å². The Morgan fingerprint density at radius 2 is 1.84 bits per heavy atom. The van der Waals surface area contributed by atoms with Gasteiger partial charge in [-0.3, -0.25) is 9.59 Å². The number of carbonyl (C=O) groups is 2. The normalized spacial score (nSPS) is 15.3. The third-order valence-corrected chi connectivity index (χ3v) is 6.08. The van der Waals surface area contributed by atoms with E-state index in [0.29, 0.717) is 28.7 Å². The lowest BCUT2D eigenvalue weighted by atomic mass is 9.85. The van der Waals surface area contributed by atoms with Crippen LogP contribution in [0.3, 0.4) is 0 Å². The molecule has 0 bridgehead atoms. The maximum atomic E-state index is 13.1. The lowest BCUT2D eigenvalue weighted by Gasteiger charge is -2.22. The van der Waals surface area contributed by atoms with Gasteiger partial charge in [-0.25, -0.2) is 0 Å². The third kappa shape index (κ3) is 5.30. The summed E-state index contributed by atoms with van der Waals surface area (Å²) in [7, 11) is 3.88. The van der Waals surface area contributed by atoms with Crippen LogP contribution in [0.1, 0.15) is 35.3 Å². The molecule has 5 nitrogen and oxygen atoms in total. The second-order valence-corrected chi connectivity index (χ2v) is 9.82. The molecule has 2 aromatic rings. The minimum atomic E-state index is -3.79. The summed E-state index contributed by atoms with van der Waals surface area (Å²) >= 11 is 8.33. The van der Waals surface area contributed by atoms with Gasteiger partial charge in [-0.15, -0.1) is 8.78 Å². The number of halogens is 4. The van der Waals surface area contributed by atoms with Gasteiger partial charge < -0.3 is 14.5 Å². The molecule has 0 aromatic heterocycles. The Morgan fingerprint density at radius 3 is 2.41 bits per heavy atom. The van der Waals surface area contributed by atoms with Crippen LogP contribution in [0.2, 0.25) is 0 Å². The fourth-order valence-corrected chi connectivity index (χ4v) is 4.79. The largest absolute Gasteiger partial charge is 0.487 e. The number of anilines is 1. The van der Waals surface area contributed by atoms with Crippen molar-refractivity contribution in [3.05, 3.63) is 57.6 Å². The van der Waals surface area contributed by atoms with Crippen molar-refractivity contribution in [1.82, 2.24) is 4.90 Å². The predicted octanol–water partition coefficient (Wildman–Crippen LogP) is 5.23. The predicted molar refractivity (Wildman–Crippen MR) is 124 cm³/mol. The van der Waals surface area contributed by atoms with E-state index in [1.54, 1.807) is 17.0 Å². The first kappa shape index (κ1) is 24.6. The van der Waals surface area contributed by atoms with Gasteiger partial charge in [0.25, 0.3) is 0 Å². The van der Waals surface area contributed by atoms with Crippen LogP contribution in [0, 0.1) is 0 Å². The zero-order chi connectivity index (χ0) is 23.8. The van der Waals surface area contributed by atoms with Crippen LogP contribution in [0.4, 0.5) is 14.5 Å². The van der Waals surface area contributed by atoms with Crippen LogP contribution in [-0.2, 0) is 16.6 Å². The average Bonchev–Trinajstić information content (AvgIpc) is 2.86. The highest BCUT2D eigenvalue weighted by atomic mass is 79.9.